The summed E-state index contributed by atoms with van der Waals surface area (Å²) in [6.07, 6.45) is 2.09. The summed E-state index contributed by atoms with van der Waals surface area (Å²) in [4.78, 5) is 6.92. The van der Waals surface area contributed by atoms with E-state index in [2.05, 4.69) is 22.0 Å². The highest BCUT2D eigenvalue weighted by molar-refractivity contribution is 6.30. The van der Waals surface area contributed by atoms with E-state index in [1.165, 1.54) is 5.39 Å². The molecule has 2 heterocycles. The van der Waals surface area contributed by atoms with Crippen LogP contribution in [-0.2, 0) is 11.2 Å². The van der Waals surface area contributed by atoms with Crippen LogP contribution in [0, 0.1) is 0 Å². The number of nitrogens with zero attached hydrogens (tertiary/aromatic N) is 2. The Morgan fingerprint density at radius 2 is 2.00 bits per heavy atom. The topological polar surface area (TPSA) is 25.4 Å². The molecule has 0 amide bonds. The number of benzene rings is 1. The summed E-state index contributed by atoms with van der Waals surface area (Å²) in [5.41, 5.74) is 2.12. The van der Waals surface area contributed by atoms with Gasteiger partial charge >= 0.3 is 0 Å². The molecule has 4 heteroatoms. The summed E-state index contributed by atoms with van der Waals surface area (Å²) in [6, 6.07) is 10.3. The van der Waals surface area contributed by atoms with Crippen LogP contribution < -0.4 is 0 Å². The van der Waals surface area contributed by atoms with Crippen LogP contribution in [0.5, 0.6) is 0 Å². The van der Waals surface area contributed by atoms with Crippen molar-refractivity contribution in [2.45, 2.75) is 12.8 Å². The second-order valence-corrected chi connectivity index (χ2v) is 5.55. The zero-order chi connectivity index (χ0) is 13.8. The van der Waals surface area contributed by atoms with E-state index >= 15 is 0 Å². The number of pyridine rings is 1. The first-order chi connectivity index (χ1) is 9.83. The van der Waals surface area contributed by atoms with E-state index in [1.54, 1.807) is 0 Å². The molecule has 0 aliphatic carbocycles. The lowest BCUT2D eigenvalue weighted by Crippen LogP contribution is -2.36. The smallest absolute Gasteiger partial charge is 0.132 e. The maximum atomic E-state index is 6.28. The Labute approximate surface area is 124 Å². The van der Waals surface area contributed by atoms with Crippen molar-refractivity contribution in [3.63, 3.8) is 0 Å². The Bertz CT molecular complexity index is 582. The van der Waals surface area contributed by atoms with Gasteiger partial charge in [0.1, 0.15) is 5.15 Å². The fraction of sp³-hybridized carbons (Fsp3) is 0.438. The fourth-order valence-electron chi connectivity index (χ4n) is 2.63. The molecule has 0 spiro atoms. The summed E-state index contributed by atoms with van der Waals surface area (Å²) in [6.45, 7) is 4.91. The number of ether oxygens (including phenoxy) is 1. The minimum absolute atomic E-state index is 0.644. The highest BCUT2D eigenvalue weighted by atomic mass is 35.5. The maximum Gasteiger partial charge on any atom is 0.132 e. The molecule has 0 atom stereocenters. The zero-order valence-corrected chi connectivity index (χ0v) is 12.3. The fourth-order valence-corrected chi connectivity index (χ4v) is 2.87. The van der Waals surface area contributed by atoms with Crippen LogP contribution in [0.25, 0.3) is 10.9 Å². The summed E-state index contributed by atoms with van der Waals surface area (Å²) in [7, 11) is 0. The van der Waals surface area contributed by atoms with Gasteiger partial charge < -0.3 is 4.74 Å². The first-order valence-electron chi connectivity index (χ1n) is 7.17. The van der Waals surface area contributed by atoms with Crippen molar-refractivity contribution in [1.82, 2.24) is 9.88 Å². The molecule has 1 aliphatic rings. The number of halogens is 1. The Balaban J connectivity index is 1.63. The van der Waals surface area contributed by atoms with Gasteiger partial charge in [-0.3, -0.25) is 4.90 Å². The van der Waals surface area contributed by atoms with Crippen LogP contribution >= 0.6 is 11.6 Å². The van der Waals surface area contributed by atoms with Gasteiger partial charge in [-0.1, -0.05) is 29.8 Å². The molecule has 20 heavy (non-hydrogen) atoms. The third-order valence-electron chi connectivity index (χ3n) is 3.77. The summed E-state index contributed by atoms with van der Waals surface area (Å²) in [5, 5.41) is 1.81. The molecule has 0 saturated carbocycles. The monoisotopic (exact) mass is 290 g/mol. The van der Waals surface area contributed by atoms with Crippen molar-refractivity contribution in [1.29, 1.82) is 0 Å². The first-order valence-corrected chi connectivity index (χ1v) is 7.55. The van der Waals surface area contributed by atoms with Crippen molar-refractivity contribution in [2.75, 3.05) is 32.8 Å². The molecule has 1 fully saturated rings. The quantitative estimate of drug-likeness (QED) is 0.809. The molecule has 1 saturated heterocycles. The molecule has 0 radical (unpaired) electrons. The molecule has 0 unspecified atom stereocenters. The first kappa shape index (κ1) is 13.8. The van der Waals surface area contributed by atoms with Gasteiger partial charge in [-0.05, 0) is 37.1 Å². The van der Waals surface area contributed by atoms with E-state index in [1.807, 2.05) is 18.2 Å². The number of morpholine rings is 1. The standard InChI is InChI=1S/C16H19ClN2O/c17-16-14(5-3-7-19-8-10-20-11-9-19)12-13-4-1-2-6-15(13)18-16/h1-2,4,6,12H,3,5,7-11H2. The molecule has 1 aromatic heterocycles. The van der Waals surface area contributed by atoms with Crippen LogP contribution in [0.1, 0.15) is 12.0 Å². The summed E-state index contributed by atoms with van der Waals surface area (Å²) in [5.74, 6) is 0. The van der Waals surface area contributed by atoms with E-state index in [9.17, 15) is 0 Å². The van der Waals surface area contributed by atoms with Gasteiger partial charge in [0.25, 0.3) is 0 Å². The molecule has 106 valence electrons. The number of rotatable bonds is 4. The predicted molar refractivity (Wildman–Crippen MR) is 82.3 cm³/mol. The molecule has 0 N–H and O–H groups in total. The average Bonchev–Trinajstić information content (AvgIpc) is 2.49. The SMILES string of the molecule is Clc1nc2ccccc2cc1CCCN1CCOCC1. The third-order valence-corrected chi connectivity index (χ3v) is 4.10. The summed E-state index contributed by atoms with van der Waals surface area (Å²) >= 11 is 6.28. The largest absolute Gasteiger partial charge is 0.379 e. The number of hydrogen-bond acceptors (Lipinski definition) is 3. The van der Waals surface area contributed by atoms with E-state index in [-0.39, 0.29) is 0 Å². The van der Waals surface area contributed by atoms with Crippen LogP contribution in [0.4, 0.5) is 0 Å². The van der Waals surface area contributed by atoms with Crippen molar-refractivity contribution in [2.24, 2.45) is 0 Å². The van der Waals surface area contributed by atoms with E-state index in [0.29, 0.717) is 5.15 Å². The Morgan fingerprint density at radius 1 is 1.20 bits per heavy atom. The summed E-state index contributed by atoms with van der Waals surface area (Å²) < 4.78 is 5.36. The highest BCUT2D eigenvalue weighted by Gasteiger charge is 2.10. The van der Waals surface area contributed by atoms with Crippen molar-refractivity contribution < 1.29 is 4.74 Å². The molecule has 2 aromatic rings. The molecule has 0 bridgehead atoms. The molecular weight excluding hydrogens is 272 g/mol. The Hall–Kier alpha value is -1.16. The van der Waals surface area contributed by atoms with Crippen molar-refractivity contribution in [3.8, 4) is 0 Å². The maximum absolute atomic E-state index is 6.28. The van der Waals surface area contributed by atoms with Crippen LogP contribution in [0.3, 0.4) is 0 Å². The van der Waals surface area contributed by atoms with E-state index < -0.39 is 0 Å². The van der Waals surface area contributed by atoms with Crippen LogP contribution in [0.2, 0.25) is 5.15 Å². The lowest BCUT2D eigenvalue weighted by atomic mass is 10.1. The lowest BCUT2D eigenvalue weighted by molar-refractivity contribution is 0.0374. The number of fused-ring (bicyclic) bond motifs is 1. The molecule has 3 nitrogen and oxygen atoms in total. The normalized spacial score (nSPS) is 16.6. The average molecular weight is 291 g/mol. The molecule has 1 aromatic carbocycles. The van der Waals surface area contributed by atoms with Gasteiger partial charge in [0.05, 0.1) is 18.7 Å². The lowest BCUT2D eigenvalue weighted by Gasteiger charge is -2.26. The van der Waals surface area contributed by atoms with Crippen LogP contribution in [-0.4, -0.2) is 42.7 Å². The van der Waals surface area contributed by atoms with Gasteiger partial charge in [-0.25, -0.2) is 4.98 Å². The molecule has 1 aliphatic heterocycles. The van der Waals surface area contributed by atoms with Gasteiger partial charge in [-0.15, -0.1) is 0 Å². The van der Waals surface area contributed by atoms with Crippen LogP contribution in [0.15, 0.2) is 30.3 Å². The van der Waals surface area contributed by atoms with Crippen molar-refractivity contribution >= 4 is 22.5 Å². The van der Waals surface area contributed by atoms with Gasteiger partial charge in [0, 0.05) is 18.5 Å². The second-order valence-electron chi connectivity index (χ2n) is 5.19. The number of aryl methyl sites for hydroxylation is 1. The Morgan fingerprint density at radius 3 is 2.85 bits per heavy atom. The predicted octanol–water partition coefficient (Wildman–Crippen LogP) is 3.15. The molecule has 3 rings (SSSR count). The molecular formula is C16H19ClN2O. The van der Waals surface area contributed by atoms with Gasteiger partial charge in [-0.2, -0.15) is 0 Å². The number of aromatic nitrogens is 1. The number of hydrogen-bond donors (Lipinski definition) is 0. The van der Waals surface area contributed by atoms with Crippen molar-refractivity contribution in [3.05, 3.63) is 41.0 Å². The van der Waals surface area contributed by atoms with E-state index in [4.69, 9.17) is 16.3 Å². The minimum Gasteiger partial charge on any atom is -0.379 e. The third kappa shape index (κ3) is 3.29. The minimum atomic E-state index is 0.644. The second kappa shape index (κ2) is 6.53. The zero-order valence-electron chi connectivity index (χ0n) is 11.5. The number of para-hydroxylation sites is 1. The van der Waals surface area contributed by atoms with E-state index in [0.717, 1.165) is 56.8 Å². The van der Waals surface area contributed by atoms with Gasteiger partial charge in [0.15, 0.2) is 0 Å². The highest BCUT2D eigenvalue weighted by Crippen LogP contribution is 2.21. The Kier molecular flexibility index (Phi) is 4.51. The van der Waals surface area contributed by atoms with Gasteiger partial charge in [0.2, 0.25) is 0 Å².